The summed E-state index contributed by atoms with van der Waals surface area (Å²) in [7, 11) is 0. The predicted molar refractivity (Wildman–Crippen MR) is 45.3 cm³/mol. The first-order chi connectivity index (χ1) is 7.71. The highest BCUT2D eigenvalue weighted by Crippen LogP contribution is 2.16. The van der Waals surface area contributed by atoms with Crippen LogP contribution in [0.5, 0.6) is 0 Å². The number of halogens is 3. The number of amides is 1. The summed E-state index contributed by atoms with van der Waals surface area (Å²) in [4.78, 5) is 31.7. The number of rotatable bonds is 2. The Morgan fingerprint density at radius 2 is 2.12 bits per heavy atom. The number of ether oxygens (including phenoxy) is 1. The molecule has 7 nitrogen and oxygen atoms in total. The summed E-state index contributed by atoms with van der Waals surface area (Å²) in [5.41, 5.74) is 5.17. The van der Waals surface area contributed by atoms with Gasteiger partial charge in [-0.15, -0.1) is 0 Å². The molecular weight excluding hydrogens is 247 g/mol. The van der Waals surface area contributed by atoms with E-state index in [2.05, 4.69) is 9.84 Å². The first-order valence-electron chi connectivity index (χ1n) is 4.15. The lowest BCUT2D eigenvalue weighted by Gasteiger charge is -2.30. The fourth-order valence-corrected chi connectivity index (χ4v) is 0.830. The van der Waals surface area contributed by atoms with Crippen LogP contribution in [0.3, 0.4) is 0 Å². The molecule has 1 amide bonds. The minimum Gasteiger partial charge on any atom is -0.382 e. The van der Waals surface area contributed by atoms with Crippen LogP contribution in [0.2, 0.25) is 0 Å². The molecule has 0 aromatic carbocycles. The van der Waals surface area contributed by atoms with E-state index in [1.54, 1.807) is 0 Å². The molecule has 1 rings (SSSR count). The van der Waals surface area contributed by atoms with E-state index >= 15 is 0 Å². The van der Waals surface area contributed by atoms with Crippen molar-refractivity contribution in [2.75, 3.05) is 6.54 Å². The van der Waals surface area contributed by atoms with Gasteiger partial charge >= 0.3 is 18.1 Å². The largest absolute Gasteiger partial charge is 0.491 e. The lowest BCUT2D eigenvalue weighted by atomic mass is 10.2. The predicted octanol–water partition coefficient (Wildman–Crippen LogP) is -1.23. The van der Waals surface area contributed by atoms with Gasteiger partial charge in [-0.25, -0.2) is 14.6 Å². The number of hydrazone groups is 1. The monoisotopic (exact) mass is 253 g/mol. The molecule has 17 heavy (non-hydrogen) atoms. The Bertz CT molecular complexity index is 392. The first-order valence-corrected chi connectivity index (χ1v) is 4.15. The van der Waals surface area contributed by atoms with E-state index in [1.165, 1.54) is 0 Å². The molecule has 0 spiro atoms. The molecule has 0 bridgehead atoms. The molecule has 1 saturated heterocycles. The Balaban J connectivity index is 2.43. The number of nitrogens with zero attached hydrogens (tertiary/aromatic N) is 2. The van der Waals surface area contributed by atoms with Gasteiger partial charge in [-0.2, -0.15) is 18.3 Å². The van der Waals surface area contributed by atoms with E-state index in [1.807, 2.05) is 0 Å². The second-order valence-electron chi connectivity index (χ2n) is 2.98. The van der Waals surface area contributed by atoms with E-state index in [0.29, 0.717) is 0 Å². The SMILES string of the molecule is NC1CN(N=CC(=O)OC(=O)C(F)(F)F)C1=O. The third-order valence-corrected chi connectivity index (χ3v) is 1.67. The van der Waals surface area contributed by atoms with Crippen molar-refractivity contribution in [3.05, 3.63) is 0 Å². The Hall–Kier alpha value is -1.97. The van der Waals surface area contributed by atoms with Crippen molar-refractivity contribution in [1.29, 1.82) is 0 Å². The third kappa shape index (κ3) is 3.24. The van der Waals surface area contributed by atoms with Crippen LogP contribution in [0.1, 0.15) is 0 Å². The smallest absolute Gasteiger partial charge is 0.382 e. The maximum Gasteiger partial charge on any atom is 0.491 e. The Labute approximate surface area is 92.0 Å². The number of esters is 2. The highest BCUT2D eigenvalue weighted by atomic mass is 19.4. The molecule has 2 N–H and O–H groups in total. The number of nitrogens with two attached hydrogens (primary N) is 1. The van der Waals surface area contributed by atoms with Crippen molar-refractivity contribution in [2.45, 2.75) is 12.2 Å². The summed E-state index contributed by atoms with van der Waals surface area (Å²) >= 11 is 0. The van der Waals surface area contributed by atoms with Crippen molar-refractivity contribution >= 4 is 24.1 Å². The number of hydrogen-bond donors (Lipinski definition) is 1. The normalized spacial score (nSPS) is 20.4. The third-order valence-electron chi connectivity index (χ3n) is 1.67. The first kappa shape index (κ1) is 13.1. The van der Waals surface area contributed by atoms with Gasteiger partial charge in [0, 0.05) is 0 Å². The molecule has 1 aliphatic heterocycles. The molecule has 0 aromatic heterocycles. The quantitative estimate of drug-likeness (QED) is 0.287. The maximum absolute atomic E-state index is 11.6. The molecule has 1 heterocycles. The van der Waals surface area contributed by atoms with Crippen LogP contribution in [0.15, 0.2) is 5.10 Å². The topological polar surface area (TPSA) is 102 Å². The van der Waals surface area contributed by atoms with Crippen LogP contribution in [0.4, 0.5) is 13.2 Å². The van der Waals surface area contributed by atoms with Gasteiger partial charge in [0.15, 0.2) is 0 Å². The average Bonchev–Trinajstić information content (AvgIpc) is 2.22. The molecule has 94 valence electrons. The lowest BCUT2D eigenvalue weighted by molar-refractivity contribution is -0.199. The summed E-state index contributed by atoms with van der Waals surface area (Å²) in [5.74, 6) is -4.86. The number of carbonyl (C=O) groups excluding carboxylic acids is 3. The van der Waals surface area contributed by atoms with Crippen molar-refractivity contribution in [3.8, 4) is 0 Å². The van der Waals surface area contributed by atoms with Crippen LogP contribution in [0, 0.1) is 0 Å². The molecule has 0 radical (unpaired) electrons. The number of β-lactam (4-membered cyclic amide) rings is 1. The van der Waals surface area contributed by atoms with E-state index < -0.39 is 30.1 Å². The zero-order valence-electron chi connectivity index (χ0n) is 8.10. The molecule has 1 aliphatic rings. The van der Waals surface area contributed by atoms with E-state index in [-0.39, 0.29) is 12.8 Å². The summed E-state index contributed by atoms with van der Waals surface area (Å²) in [6.07, 6.45) is -4.98. The van der Waals surface area contributed by atoms with Crippen LogP contribution in [-0.2, 0) is 19.1 Å². The van der Waals surface area contributed by atoms with Crippen LogP contribution >= 0.6 is 0 Å². The van der Waals surface area contributed by atoms with Crippen LogP contribution in [0.25, 0.3) is 0 Å². The van der Waals surface area contributed by atoms with Gasteiger partial charge in [-0.05, 0) is 0 Å². The van der Waals surface area contributed by atoms with Gasteiger partial charge in [-0.3, -0.25) is 4.79 Å². The van der Waals surface area contributed by atoms with Gasteiger partial charge in [-0.1, -0.05) is 0 Å². The Morgan fingerprint density at radius 1 is 1.53 bits per heavy atom. The van der Waals surface area contributed by atoms with Gasteiger partial charge < -0.3 is 10.5 Å². The zero-order valence-corrected chi connectivity index (χ0v) is 8.10. The number of alkyl halides is 3. The second kappa shape index (κ2) is 4.49. The van der Waals surface area contributed by atoms with Crippen LogP contribution in [-0.4, -0.2) is 47.8 Å². The highest BCUT2D eigenvalue weighted by Gasteiger charge is 2.42. The standard InChI is InChI=1S/C7H6F3N3O4/c8-7(9,10)6(16)17-4(14)1-12-13-2-3(11)5(13)15/h1,3H,2,11H2. The molecule has 0 aliphatic carbocycles. The summed E-state index contributed by atoms with van der Waals surface area (Å²) in [6.45, 7) is 0.0375. The van der Waals surface area contributed by atoms with Crippen LogP contribution < -0.4 is 5.73 Å². The zero-order chi connectivity index (χ0) is 13.2. The summed E-state index contributed by atoms with van der Waals surface area (Å²) in [6, 6.07) is -0.736. The molecular formula is C7H6F3N3O4. The Morgan fingerprint density at radius 3 is 2.53 bits per heavy atom. The fraction of sp³-hybridized carbons (Fsp3) is 0.429. The summed E-state index contributed by atoms with van der Waals surface area (Å²) in [5, 5.41) is 3.93. The molecule has 0 saturated carbocycles. The number of hydrogen-bond acceptors (Lipinski definition) is 6. The van der Waals surface area contributed by atoms with E-state index in [9.17, 15) is 27.6 Å². The van der Waals surface area contributed by atoms with Crippen molar-refractivity contribution in [1.82, 2.24) is 5.01 Å². The average molecular weight is 253 g/mol. The molecule has 10 heteroatoms. The molecule has 1 fully saturated rings. The highest BCUT2D eigenvalue weighted by molar-refractivity contribution is 6.25. The van der Waals surface area contributed by atoms with Gasteiger partial charge in [0.05, 0.1) is 6.54 Å². The fourth-order valence-electron chi connectivity index (χ4n) is 0.830. The Kier molecular flexibility index (Phi) is 3.46. The van der Waals surface area contributed by atoms with Gasteiger partial charge in [0.2, 0.25) is 0 Å². The van der Waals surface area contributed by atoms with Crippen molar-refractivity contribution in [3.63, 3.8) is 0 Å². The van der Waals surface area contributed by atoms with Crippen molar-refractivity contribution in [2.24, 2.45) is 10.8 Å². The number of carbonyl (C=O) groups is 3. The molecule has 1 atom stereocenters. The minimum absolute atomic E-state index is 0.0375. The molecule has 1 unspecified atom stereocenters. The van der Waals surface area contributed by atoms with Gasteiger partial charge in [0.1, 0.15) is 12.3 Å². The van der Waals surface area contributed by atoms with E-state index in [0.717, 1.165) is 5.01 Å². The molecule has 0 aromatic rings. The summed E-state index contributed by atoms with van der Waals surface area (Å²) < 4.78 is 38.3. The van der Waals surface area contributed by atoms with E-state index in [4.69, 9.17) is 5.73 Å². The maximum atomic E-state index is 11.6. The second-order valence-corrected chi connectivity index (χ2v) is 2.98. The lowest BCUT2D eigenvalue weighted by Crippen LogP contribution is -2.58. The van der Waals surface area contributed by atoms with Gasteiger partial charge in [0.25, 0.3) is 5.91 Å². The minimum atomic E-state index is -5.27. The van der Waals surface area contributed by atoms with Crippen molar-refractivity contribution < 1.29 is 32.3 Å².